The maximum absolute atomic E-state index is 5.80. The van der Waals surface area contributed by atoms with Crippen molar-refractivity contribution in [3.8, 4) is 17.5 Å². The molecule has 0 aliphatic rings. The summed E-state index contributed by atoms with van der Waals surface area (Å²) in [6.45, 7) is 4.48. The minimum absolute atomic E-state index is 0.404. The van der Waals surface area contributed by atoms with Crippen molar-refractivity contribution < 1.29 is 9.47 Å². The van der Waals surface area contributed by atoms with E-state index in [1.807, 2.05) is 26.0 Å². The molecule has 2 aromatic rings. The smallest absolute Gasteiger partial charge is 0.240 e. The highest BCUT2D eigenvalue weighted by Crippen LogP contribution is 2.26. The summed E-state index contributed by atoms with van der Waals surface area (Å²) >= 11 is 0. The number of nitrogens with two attached hydrogens (primary N) is 1. The molecule has 0 saturated heterocycles. The molecule has 0 radical (unpaired) electrons. The van der Waals surface area contributed by atoms with Gasteiger partial charge in [-0.15, -0.1) is 0 Å². The van der Waals surface area contributed by atoms with Crippen LogP contribution >= 0.6 is 0 Å². The molecule has 0 amide bonds. The molecule has 2 rings (SSSR count). The van der Waals surface area contributed by atoms with Gasteiger partial charge in [-0.1, -0.05) is 6.92 Å². The second-order valence-electron chi connectivity index (χ2n) is 4.08. The number of nitrogens with zero attached hydrogens (tertiary/aromatic N) is 2. The van der Waals surface area contributed by atoms with Crippen LogP contribution in [0.4, 0.5) is 5.69 Å². The monoisotopic (exact) mass is 259 g/mol. The number of nitrogen functional groups attached to an aromatic ring is 1. The van der Waals surface area contributed by atoms with Crippen molar-refractivity contribution >= 4 is 5.69 Å². The molecule has 0 atom stereocenters. The fourth-order valence-corrected chi connectivity index (χ4v) is 1.50. The lowest BCUT2D eigenvalue weighted by molar-refractivity contribution is 0.302. The van der Waals surface area contributed by atoms with Gasteiger partial charge < -0.3 is 15.2 Å². The van der Waals surface area contributed by atoms with Crippen molar-refractivity contribution in [2.75, 3.05) is 12.3 Å². The van der Waals surface area contributed by atoms with Crippen molar-refractivity contribution in [3.63, 3.8) is 0 Å². The minimum atomic E-state index is 0.404. The van der Waals surface area contributed by atoms with E-state index in [4.69, 9.17) is 15.2 Å². The van der Waals surface area contributed by atoms with E-state index in [1.165, 1.54) is 0 Å². The van der Waals surface area contributed by atoms with Gasteiger partial charge in [0, 0.05) is 12.3 Å². The highest BCUT2D eigenvalue weighted by Gasteiger charge is 2.07. The van der Waals surface area contributed by atoms with Gasteiger partial charge in [-0.25, -0.2) is 0 Å². The second kappa shape index (κ2) is 6.04. The normalized spacial score (nSPS) is 10.2. The Bertz CT molecular complexity index is 558. The summed E-state index contributed by atoms with van der Waals surface area (Å²) in [6.07, 6.45) is 2.61. The van der Waals surface area contributed by atoms with Crippen LogP contribution < -0.4 is 15.2 Å². The van der Waals surface area contributed by atoms with E-state index in [0.29, 0.717) is 29.8 Å². The standard InChI is InChI=1S/C14H17N3O2/c1-3-9-18-14-11(15)6-7-13(17-14)19-12-5-4-8-16-10(12)2/h4-8H,3,9,15H2,1-2H3. The maximum atomic E-state index is 5.80. The molecule has 5 nitrogen and oxygen atoms in total. The zero-order valence-corrected chi connectivity index (χ0v) is 11.1. The Morgan fingerprint density at radius 1 is 1.26 bits per heavy atom. The molecule has 0 aromatic carbocycles. The summed E-state index contributed by atoms with van der Waals surface area (Å²) in [5, 5.41) is 0. The average molecular weight is 259 g/mol. The Morgan fingerprint density at radius 3 is 2.84 bits per heavy atom. The van der Waals surface area contributed by atoms with Crippen molar-refractivity contribution in [1.29, 1.82) is 0 Å². The molecular weight excluding hydrogens is 242 g/mol. The topological polar surface area (TPSA) is 70.3 Å². The first-order chi connectivity index (χ1) is 9.20. The first-order valence-electron chi connectivity index (χ1n) is 6.19. The fraction of sp³-hybridized carbons (Fsp3) is 0.286. The number of hydrogen-bond acceptors (Lipinski definition) is 5. The van der Waals surface area contributed by atoms with Crippen LogP contribution in [0.2, 0.25) is 0 Å². The van der Waals surface area contributed by atoms with Gasteiger partial charge in [-0.2, -0.15) is 4.98 Å². The van der Waals surface area contributed by atoms with Crippen molar-refractivity contribution in [1.82, 2.24) is 9.97 Å². The molecule has 2 N–H and O–H groups in total. The quantitative estimate of drug-likeness (QED) is 0.893. The van der Waals surface area contributed by atoms with Crippen LogP contribution in [0.3, 0.4) is 0 Å². The molecule has 0 saturated carbocycles. The number of anilines is 1. The molecule has 0 aliphatic heterocycles. The van der Waals surface area contributed by atoms with E-state index < -0.39 is 0 Å². The predicted octanol–water partition coefficient (Wildman–Crippen LogP) is 2.95. The number of pyridine rings is 2. The maximum Gasteiger partial charge on any atom is 0.240 e. The lowest BCUT2D eigenvalue weighted by Gasteiger charge is -2.10. The zero-order chi connectivity index (χ0) is 13.7. The van der Waals surface area contributed by atoms with E-state index in [1.54, 1.807) is 18.3 Å². The lowest BCUT2D eigenvalue weighted by atomic mass is 10.3. The molecule has 100 valence electrons. The molecule has 0 fully saturated rings. The van der Waals surface area contributed by atoms with E-state index in [-0.39, 0.29) is 0 Å². The lowest BCUT2D eigenvalue weighted by Crippen LogP contribution is -2.02. The van der Waals surface area contributed by atoms with Crippen LogP contribution in [0, 0.1) is 6.92 Å². The van der Waals surface area contributed by atoms with E-state index in [0.717, 1.165) is 12.1 Å². The van der Waals surface area contributed by atoms with Crippen LogP contribution in [0.5, 0.6) is 17.5 Å². The van der Waals surface area contributed by atoms with Crippen molar-refractivity contribution in [3.05, 3.63) is 36.2 Å². The Hall–Kier alpha value is -2.30. The van der Waals surface area contributed by atoms with Crippen LogP contribution in [-0.2, 0) is 0 Å². The fourth-order valence-electron chi connectivity index (χ4n) is 1.50. The molecule has 19 heavy (non-hydrogen) atoms. The predicted molar refractivity (Wildman–Crippen MR) is 73.5 cm³/mol. The summed E-state index contributed by atoms with van der Waals surface area (Å²) in [6, 6.07) is 7.08. The number of aromatic nitrogens is 2. The van der Waals surface area contributed by atoms with Gasteiger partial charge >= 0.3 is 0 Å². The highest BCUT2D eigenvalue weighted by atomic mass is 16.5. The Morgan fingerprint density at radius 2 is 2.11 bits per heavy atom. The van der Waals surface area contributed by atoms with Crippen LogP contribution in [0.1, 0.15) is 19.0 Å². The molecule has 0 unspecified atom stereocenters. The van der Waals surface area contributed by atoms with Crippen molar-refractivity contribution in [2.24, 2.45) is 0 Å². The molecule has 2 aromatic heterocycles. The van der Waals surface area contributed by atoms with Gasteiger partial charge in [0.15, 0.2) is 5.75 Å². The summed E-state index contributed by atoms with van der Waals surface area (Å²) in [7, 11) is 0. The molecule has 5 heteroatoms. The SMILES string of the molecule is CCCOc1nc(Oc2cccnc2C)ccc1N. The molecular formula is C14H17N3O2. The third kappa shape index (κ3) is 3.34. The highest BCUT2D eigenvalue weighted by molar-refractivity contribution is 5.49. The van der Waals surface area contributed by atoms with Crippen LogP contribution in [-0.4, -0.2) is 16.6 Å². The number of aryl methyl sites for hydroxylation is 1. The van der Waals surface area contributed by atoms with E-state index in [2.05, 4.69) is 9.97 Å². The van der Waals surface area contributed by atoms with Gasteiger partial charge in [0.1, 0.15) is 0 Å². The first-order valence-corrected chi connectivity index (χ1v) is 6.19. The molecule has 0 aliphatic carbocycles. The number of rotatable bonds is 5. The molecule has 2 heterocycles. The Balaban J connectivity index is 2.19. The third-order valence-electron chi connectivity index (χ3n) is 2.48. The zero-order valence-electron chi connectivity index (χ0n) is 11.1. The van der Waals surface area contributed by atoms with Gasteiger partial charge in [-0.05, 0) is 31.5 Å². The summed E-state index contributed by atoms with van der Waals surface area (Å²) in [5.41, 5.74) is 7.10. The van der Waals surface area contributed by atoms with Gasteiger partial charge in [-0.3, -0.25) is 4.98 Å². The average Bonchev–Trinajstić information content (AvgIpc) is 2.42. The summed E-state index contributed by atoms with van der Waals surface area (Å²) in [4.78, 5) is 8.41. The van der Waals surface area contributed by atoms with E-state index in [9.17, 15) is 0 Å². The third-order valence-corrected chi connectivity index (χ3v) is 2.48. The Kier molecular flexibility index (Phi) is 4.18. The van der Waals surface area contributed by atoms with Crippen LogP contribution in [0.15, 0.2) is 30.5 Å². The van der Waals surface area contributed by atoms with Gasteiger partial charge in [0.05, 0.1) is 18.0 Å². The summed E-state index contributed by atoms with van der Waals surface area (Å²) in [5.74, 6) is 1.51. The molecule has 0 spiro atoms. The van der Waals surface area contributed by atoms with Gasteiger partial charge in [0.25, 0.3) is 0 Å². The minimum Gasteiger partial charge on any atom is -0.476 e. The second-order valence-corrected chi connectivity index (χ2v) is 4.08. The summed E-state index contributed by atoms with van der Waals surface area (Å²) < 4.78 is 11.1. The largest absolute Gasteiger partial charge is 0.476 e. The van der Waals surface area contributed by atoms with Gasteiger partial charge in [0.2, 0.25) is 11.8 Å². The Labute approximate surface area is 112 Å². The number of ether oxygens (including phenoxy) is 2. The van der Waals surface area contributed by atoms with Crippen LogP contribution in [0.25, 0.3) is 0 Å². The number of hydrogen-bond donors (Lipinski definition) is 1. The molecule has 0 bridgehead atoms. The van der Waals surface area contributed by atoms with Crippen molar-refractivity contribution in [2.45, 2.75) is 20.3 Å². The first kappa shape index (κ1) is 13.1. The van der Waals surface area contributed by atoms with E-state index >= 15 is 0 Å².